The molecule has 2 heterocycles. The first-order valence-corrected chi connectivity index (χ1v) is 9.90. The maximum absolute atomic E-state index is 13.1. The Kier molecular flexibility index (Phi) is 5.22. The first-order valence-electron chi connectivity index (χ1n) is 9.08. The molecule has 0 spiro atoms. The van der Waals surface area contributed by atoms with Crippen LogP contribution in [0.3, 0.4) is 0 Å². The Labute approximate surface area is 172 Å². The number of aryl methyl sites for hydroxylation is 1. The first kappa shape index (κ1) is 19.0. The fraction of sp³-hybridized carbons (Fsp3) is 0.182. The van der Waals surface area contributed by atoms with Crippen LogP contribution in [0, 0.1) is 0 Å². The van der Waals surface area contributed by atoms with E-state index in [1.807, 2.05) is 60.3 Å². The molecule has 0 radical (unpaired) electrons. The molecule has 2 aromatic heterocycles. The minimum absolute atomic E-state index is 0.152. The summed E-state index contributed by atoms with van der Waals surface area (Å²) in [4.78, 5) is 18.2. The van der Waals surface area contributed by atoms with E-state index in [0.717, 1.165) is 21.5 Å². The lowest BCUT2D eigenvalue weighted by Crippen LogP contribution is -2.30. The van der Waals surface area contributed by atoms with Crippen molar-refractivity contribution in [2.75, 3.05) is 14.2 Å². The van der Waals surface area contributed by atoms with Crippen LogP contribution in [0.25, 0.3) is 10.1 Å². The zero-order valence-corrected chi connectivity index (χ0v) is 17.2. The van der Waals surface area contributed by atoms with Gasteiger partial charge in [0, 0.05) is 30.2 Å². The Bertz CT molecular complexity index is 1110. The molecular formula is C22H21N3O3S. The van der Waals surface area contributed by atoms with Crippen LogP contribution in [0.15, 0.2) is 60.9 Å². The summed E-state index contributed by atoms with van der Waals surface area (Å²) in [6, 6.07) is 15.0. The quantitative estimate of drug-likeness (QED) is 0.521. The number of fused-ring (bicyclic) bond motifs is 1. The predicted octanol–water partition coefficient (Wildman–Crippen LogP) is 4.17. The maximum Gasteiger partial charge on any atom is 0.262 e. The summed E-state index contributed by atoms with van der Waals surface area (Å²) in [7, 11) is 5.10. The summed E-state index contributed by atoms with van der Waals surface area (Å²) in [5.74, 6) is 1.86. The molecule has 4 aromatic rings. The minimum atomic E-state index is -0.461. The highest BCUT2D eigenvalue weighted by molar-refractivity contribution is 7.20. The number of benzene rings is 2. The van der Waals surface area contributed by atoms with Crippen LogP contribution in [0.1, 0.15) is 27.1 Å². The Morgan fingerprint density at radius 2 is 1.83 bits per heavy atom. The molecule has 1 amide bonds. The molecule has 1 unspecified atom stereocenters. The van der Waals surface area contributed by atoms with Gasteiger partial charge in [0.05, 0.1) is 19.1 Å². The monoisotopic (exact) mass is 407 g/mol. The molecule has 0 saturated carbocycles. The number of nitrogens with zero attached hydrogens (tertiary/aromatic N) is 2. The number of hydrogen-bond acceptors (Lipinski definition) is 5. The number of carbonyl (C=O) groups excluding carboxylic acids is 1. The fourth-order valence-electron chi connectivity index (χ4n) is 3.24. The molecule has 1 N–H and O–H groups in total. The Morgan fingerprint density at radius 1 is 1.10 bits per heavy atom. The molecule has 6 nitrogen and oxygen atoms in total. The van der Waals surface area contributed by atoms with E-state index in [0.29, 0.717) is 16.4 Å². The molecule has 7 heteroatoms. The zero-order chi connectivity index (χ0) is 20.4. The van der Waals surface area contributed by atoms with Gasteiger partial charge in [-0.25, -0.2) is 4.98 Å². The highest BCUT2D eigenvalue weighted by Gasteiger charge is 2.24. The van der Waals surface area contributed by atoms with Gasteiger partial charge < -0.3 is 19.4 Å². The smallest absolute Gasteiger partial charge is 0.262 e. The SMILES string of the molecule is COc1cc(OC)cc(C(NC(=O)c2cc3ccccc3s2)c2nccn2C)c1. The number of methoxy groups -OCH3 is 2. The Balaban J connectivity index is 1.73. The third-order valence-electron chi connectivity index (χ3n) is 4.75. The Morgan fingerprint density at radius 3 is 2.45 bits per heavy atom. The lowest BCUT2D eigenvalue weighted by molar-refractivity contribution is 0.0945. The molecule has 0 bridgehead atoms. The third kappa shape index (κ3) is 3.82. The molecular weight excluding hydrogens is 386 g/mol. The highest BCUT2D eigenvalue weighted by atomic mass is 32.1. The molecule has 29 heavy (non-hydrogen) atoms. The first-order chi connectivity index (χ1) is 14.1. The summed E-state index contributed by atoms with van der Waals surface area (Å²) in [6.45, 7) is 0. The fourth-order valence-corrected chi connectivity index (χ4v) is 4.21. The van der Waals surface area contributed by atoms with Crippen LogP contribution in [0.2, 0.25) is 0 Å². The summed E-state index contributed by atoms with van der Waals surface area (Å²) in [5.41, 5.74) is 0.824. The predicted molar refractivity (Wildman–Crippen MR) is 114 cm³/mol. The van der Waals surface area contributed by atoms with Crippen molar-refractivity contribution in [3.8, 4) is 11.5 Å². The van der Waals surface area contributed by atoms with Gasteiger partial charge in [0.15, 0.2) is 0 Å². The van der Waals surface area contributed by atoms with E-state index in [1.165, 1.54) is 11.3 Å². The van der Waals surface area contributed by atoms with Crippen molar-refractivity contribution in [3.63, 3.8) is 0 Å². The van der Waals surface area contributed by atoms with E-state index in [1.54, 1.807) is 26.5 Å². The van der Waals surface area contributed by atoms with Crippen molar-refractivity contribution in [2.24, 2.45) is 7.05 Å². The average Bonchev–Trinajstić information content (AvgIpc) is 3.37. The van der Waals surface area contributed by atoms with Crippen molar-refractivity contribution < 1.29 is 14.3 Å². The molecule has 0 saturated heterocycles. The van der Waals surface area contributed by atoms with E-state index in [-0.39, 0.29) is 5.91 Å². The summed E-state index contributed by atoms with van der Waals surface area (Å²) in [5, 5.41) is 4.19. The summed E-state index contributed by atoms with van der Waals surface area (Å²) in [6.07, 6.45) is 3.57. The van der Waals surface area contributed by atoms with Crippen molar-refractivity contribution in [1.82, 2.24) is 14.9 Å². The molecule has 4 rings (SSSR count). The second kappa shape index (κ2) is 7.97. The van der Waals surface area contributed by atoms with Gasteiger partial charge in [0.1, 0.15) is 23.4 Å². The number of imidazole rings is 1. The second-order valence-electron chi connectivity index (χ2n) is 6.60. The van der Waals surface area contributed by atoms with E-state index in [4.69, 9.17) is 9.47 Å². The van der Waals surface area contributed by atoms with Gasteiger partial charge in [-0.3, -0.25) is 4.79 Å². The number of amides is 1. The second-order valence-corrected chi connectivity index (χ2v) is 7.68. The molecule has 0 fully saturated rings. The van der Waals surface area contributed by atoms with Crippen molar-refractivity contribution >= 4 is 27.3 Å². The Hall–Kier alpha value is -3.32. The lowest BCUT2D eigenvalue weighted by Gasteiger charge is -2.20. The van der Waals surface area contributed by atoms with Gasteiger partial charge >= 0.3 is 0 Å². The van der Waals surface area contributed by atoms with Crippen molar-refractivity contribution in [2.45, 2.75) is 6.04 Å². The lowest BCUT2D eigenvalue weighted by atomic mass is 10.0. The van der Waals surface area contributed by atoms with Gasteiger partial charge in [-0.2, -0.15) is 0 Å². The van der Waals surface area contributed by atoms with E-state index >= 15 is 0 Å². The molecule has 2 aromatic carbocycles. The van der Waals surface area contributed by atoms with Gasteiger partial charge in [-0.05, 0) is 35.2 Å². The number of ether oxygens (including phenoxy) is 2. The van der Waals surface area contributed by atoms with Crippen LogP contribution in [-0.4, -0.2) is 29.7 Å². The maximum atomic E-state index is 13.1. The number of aromatic nitrogens is 2. The largest absolute Gasteiger partial charge is 0.497 e. The molecule has 0 aliphatic carbocycles. The van der Waals surface area contributed by atoms with Gasteiger partial charge in [0.2, 0.25) is 0 Å². The van der Waals surface area contributed by atoms with Gasteiger partial charge in [0.25, 0.3) is 5.91 Å². The molecule has 1 atom stereocenters. The minimum Gasteiger partial charge on any atom is -0.497 e. The van der Waals surface area contributed by atoms with Crippen LogP contribution in [0.4, 0.5) is 0 Å². The van der Waals surface area contributed by atoms with E-state index < -0.39 is 6.04 Å². The number of hydrogen-bond donors (Lipinski definition) is 1. The van der Waals surface area contributed by atoms with Crippen LogP contribution >= 0.6 is 11.3 Å². The molecule has 148 valence electrons. The van der Waals surface area contributed by atoms with E-state index in [9.17, 15) is 4.79 Å². The standard InChI is InChI=1S/C22H21N3O3S/c1-25-9-8-23-21(25)20(15-10-16(27-2)13-17(11-15)28-3)24-22(26)19-12-14-6-4-5-7-18(14)29-19/h4-13,20H,1-3H3,(H,24,26). The van der Waals surface area contributed by atoms with Gasteiger partial charge in [-0.15, -0.1) is 11.3 Å². The van der Waals surface area contributed by atoms with E-state index in [2.05, 4.69) is 10.3 Å². The average molecular weight is 407 g/mol. The summed E-state index contributed by atoms with van der Waals surface area (Å²) < 4.78 is 13.8. The summed E-state index contributed by atoms with van der Waals surface area (Å²) >= 11 is 1.47. The number of thiophene rings is 1. The number of nitrogens with one attached hydrogen (secondary N) is 1. The van der Waals surface area contributed by atoms with Crippen molar-refractivity contribution in [3.05, 3.63) is 77.2 Å². The number of rotatable bonds is 6. The topological polar surface area (TPSA) is 65.4 Å². The van der Waals surface area contributed by atoms with Crippen molar-refractivity contribution in [1.29, 1.82) is 0 Å². The highest BCUT2D eigenvalue weighted by Crippen LogP contribution is 2.31. The number of carbonyl (C=O) groups is 1. The molecule has 0 aliphatic rings. The van der Waals surface area contributed by atoms with Gasteiger partial charge in [-0.1, -0.05) is 18.2 Å². The zero-order valence-electron chi connectivity index (χ0n) is 16.4. The third-order valence-corrected chi connectivity index (χ3v) is 5.86. The normalized spacial score (nSPS) is 12.0. The van der Waals surface area contributed by atoms with Crippen LogP contribution in [0.5, 0.6) is 11.5 Å². The van der Waals surface area contributed by atoms with Crippen LogP contribution in [-0.2, 0) is 7.05 Å². The molecule has 0 aliphatic heterocycles. The van der Waals surface area contributed by atoms with Crippen LogP contribution < -0.4 is 14.8 Å².